The molecule has 0 amide bonds. The number of carbonyl (C=O) groups is 2. The molecule has 7 nitrogen and oxygen atoms in total. The highest BCUT2D eigenvalue weighted by Crippen LogP contribution is 2.60. The second-order valence-electron chi connectivity index (χ2n) is 9.88. The van der Waals surface area contributed by atoms with E-state index in [2.05, 4.69) is 6.92 Å². The Labute approximate surface area is 172 Å². The molecule has 5 fully saturated rings. The minimum atomic E-state index is -0.851. The zero-order valence-electron chi connectivity index (χ0n) is 18.1. The number of hydrogen-bond acceptors (Lipinski definition) is 7. The summed E-state index contributed by atoms with van der Waals surface area (Å²) >= 11 is 0. The SMILES string of the molecule is CC(C)C(=O)CCC(=O)OC1O[C@@H]2O[C@@]3(C)CC[C@H]4[C@H](C)CC[C@@H]([C@H]1C)[C@@]24OO3. The van der Waals surface area contributed by atoms with Gasteiger partial charge in [0, 0.05) is 30.6 Å². The highest BCUT2D eigenvalue weighted by atomic mass is 17.3. The Bertz CT molecular complexity index is 664. The fourth-order valence-corrected chi connectivity index (χ4v) is 5.71. The number of Topliss-reactive ketones (excluding diaryl/α,β-unsaturated/α-hetero) is 1. The summed E-state index contributed by atoms with van der Waals surface area (Å²) < 4.78 is 18.2. The molecule has 4 saturated heterocycles. The third-order valence-corrected chi connectivity index (χ3v) is 7.56. The maximum absolute atomic E-state index is 12.4. The first-order chi connectivity index (χ1) is 13.7. The van der Waals surface area contributed by atoms with Gasteiger partial charge in [0.2, 0.25) is 12.1 Å². The standard InChI is InChI=1S/C22H34O7/c1-12(2)17(23)8-9-18(24)25-19-14(4)16-7-6-13(3)15-10-11-21(5)27-20(26-19)22(15,16)29-28-21/h12-16,19-20H,6-11H2,1-5H3/t13-,14-,15+,16+,19?,20-,21-,22-/m1/s1. The molecular formula is C22H34O7. The van der Waals surface area contributed by atoms with Crippen molar-refractivity contribution in [2.24, 2.45) is 29.6 Å². The summed E-state index contributed by atoms with van der Waals surface area (Å²) in [5, 5.41) is 0. The highest BCUT2D eigenvalue weighted by molar-refractivity contribution is 5.84. The van der Waals surface area contributed by atoms with Crippen molar-refractivity contribution in [2.75, 3.05) is 0 Å². The molecule has 0 N–H and O–H groups in total. The Morgan fingerprint density at radius 3 is 2.55 bits per heavy atom. The number of carbonyl (C=O) groups excluding carboxylic acids is 2. The van der Waals surface area contributed by atoms with Crippen LogP contribution in [0.25, 0.3) is 0 Å². The summed E-state index contributed by atoms with van der Waals surface area (Å²) in [4.78, 5) is 36.1. The van der Waals surface area contributed by atoms with E-state index in [9.17, 15) is 9.59 Å². The van der Waals surface area contributed by atoms with Crippen molar-refractivity contribution in [1.29, 1.82) is 0 Å². The molecule has 8 atom stereocenters. The van der Waals surface area contributed by atoms with Crippen LogP contribution in [-0.2, 0) is 33.6 Å². The molecule has 0 radical (unpaired) electrons. The molecule has 0 aromatic heterocycles. The zero-order valence-corrected chi connectivity index (χ0v) is 18.1. The van der Waals surface area contributed by atoms with Gasteiger partial charge >= 0.3 is 5.97 Å². The predicted molar refractivity (Wildman–Crippen MR) is 102 cm³/mol. The van der Waals surface area contributed by atoms with Gasteiger partial charge in [-0.05, 0) is 38.0 Å². The van der Waals surface area contributed by atoms with Gasteiger partial charge in [0.1, 0.15) is 5.78 Å². The minimum absolute atomic E-state index is 0.0549. The number of rotatable bonds is 5. The van der Waals surface area contributed by atoms with Gasteiger partial charge in [0.05, 0.1) is 6.42 Å². The van der Waals surface area contributed by atoms with Crippen LogP contribution in [0.5, 0.6) is 0 Å². The van der Waals surface area contributed by atoms with E-state index >= 15 is 0 Å². The monoisotopic (exact) mass is 410 g/mol. The molecule has 5 aliphatic rings. The van der Waals surface area contributed by atoms with Gasteiger partial charge in [0.25, 0.3) is 0 Å². The van der Waals surface area contributed by atoms with E-state index in [1.165, 1.54) is 0 Å². The maximum atomic E-state index is 12.4. The van der Waals surface area contributed by atoms with Crippen LogP contribution in [0.1, 0.15) is 73.1 Å². The summed E-state index contributed by atoms with van der Waals surface area (Å²) in [7, 11) is 0. The lowest BCUT2D eigenvalue weighted by atomic mass is 9.58. The number of esters is 1. The van der Waals surface area contributed by atoms with Crippen LogP contribution in [0, 0.1) is 29.6 Å². The second kappa shape index (κ2) is 7.59. The van der Waals surface area contributed by atoms with E-state index in [1.54, 1.807) is 0 Å². The molecule has 4 aliphatic heterocycles. The van der Waals surface area contributed by atoms with Crippen molar-refractivity contribution in [2.45, 2.75) is 97.1 Å². The van der Waals surface area contributed by atoms with Gasteiger partial charge in [-0.25, -0.2) is 9.78 Å². The smallest absolute Gasteiger partial charge is 0.308 e. The lowest BCUT2D eigenvalue weighted by molar-refractivity contribution is -0.576. The molecule has 1 aliphatic carbocycles. The molecule has 4 heterocycles. The van der Waals surface area contributed by atoms with Gasteiger partial charge in [0.15, 0.2) is 11.9 Å². The molecule has 2 bridgehead atoms. The topological polar surface area (TPSA) is 80.3 Å². The van der Waals surface area contributed by atoms with Crippen molar-refractivity contribution >= 4 is 11.8 Å². The molecule has 0 aromatic carbocycles. The molecule has 164 valence electrons. The second-order valence-corrected chi connectivity index (χ2v) is 9.88. The lowest BCUT2D eigenvalue weighted by Gasteiger charge is -2.59. The lowest BCUT2D eigenvalue weighted by Crippen LogP contribution is -2.70. The fourth-order valence-electron chi connectivity index (χ4n) is 5.71. The first-order valence-corrected chi connectivity index (χ1v) is 11.1. The Kier molecular flexibility index (Phi) is 5.55. The molecule has 1 saturated carbocycles. The quantitative estimate of drug-likeness (QED) is 0.504. The normalized spacial score (nSPS) is 46.1. The minimum Gasteiger partial charge on any atom is -0.435 e. The highest BCUT2D eigenvalue weighted by Gasteiger charge is 2.69. The van der Waals surface area contributed by atoms with Crippen molar-refractivity contribution in [3.63, 3.8) is 0 Å². The van der Waals surface area contributed by atoms with Crippen LogP contribution in [-0.4, -0.2) is 35.7 Å². The van der Waals surface area contributed by atoms with E-state index in [1.807, 2.05) is 27.7 Å². The van der Waals surface area contributed by atoms with Crippen molar-refractivity contribution in [1.82, 2.24) is 0 Å². The average Bonchev–Trinajstić information content (AvgIpc) is 2.90. The number of fused-ring (bicyclic) bond motifs is 2. The van der Waals surface area contributed by atoms with Crippen LogP contribution >= 0.6 is 0 Å². The van der Waals surface area contributed by atoms with E-state index in [-0.39, 0.29) is 42.3 Å². The van der Waals surface area contributed by atoms with Gasteiger partial charge < -0.3 is 14.2 Å². The number of ether oxygens (including phenoxy) is 3. The third kappa shape index (κ3) is 3.54. The molecular weight excluding hydrogens is 376 g/mol. The first kappa shape index (κ1) is 21.2. The molecule has 29 heavy (non-hydrogen) atoms. The Morgan fingerprint density at radius 2 is 1.83 bits per heavy atom. The van der Waals surface area contributed by atoms with Crippen molar-refractivity contribution < 1.29 is 33.6 Å². The predicted octanol–water partition coefficient (Wildman–Crippen LogP) is 3.74. The summed E-state index contributed by atoms with van der Waals surface area (Å²) in [6.07, 6.45) is 2.67. The Hall–Kier alpha value is -1.02. The largest absolute Gasteiger partial charge is 0.435 e. The van der Waals surface area contributed by atoms with Crippen LogP contribution in [0.15, 0.2) is 0 Å². The van der Waals surface area contributed by atoms with Crippen molar-refractivity contribution in [3.8, 4) is 0 Å². The molecule has 7 heteroatoms. The van der Waals surface area contributed by atoms with Gasteiger partial charge in [-0.15, -0.1) is 0 Å². The first-order valence-electron chi connectivity index (χ1n) is 11.1. The van der Waals surface area contributed by atoms with Gasteiger partial charge in [-0.3, -0.25) is 9.59 Å². The van der Waals surface area contributed by atoms with E-state index in [0.29, 0.717) is 5.92 Å². The van der Waals surface area contributed by atoms with Crippen LogP contribution in [0.3, 0.4) is 0 Å². The van der Waals surface area contributed by atoms with E-state index < -0.39 is 29.9 Å². The third-order valence-electron chi connectivity index (χ3n) is 7.56. The molecule has 0 aromatic rings. The average molecular weight is 411 g/mol. The van der Waals surface area contributed by atoms with Crippen LogP contribution in [0.4, 0.5) is 0 Å². The molecule has 5 rings (SSSR count). The zero-order chi connectivity index (χ0) is 21.0. The molecule has 1 unspecified atom stereocenters. The summed E-state index contributed by atoms with van der Waals surface area (Å²) in [6, 6.07) is 0. The van der Waals surface area contributed by atoms with Crippen LogP contribution in [0.2, 0.25) is 0 Å². The fraction of sp³-hybridized carbons (Fsp3) is 0.909. The van der Waals surface area contributed by atoms with Gasteiger partial charge in [-0.1, -0.05) is 27.7 Å². The maximum Gasteiger partial charge on any atom is 0.308 e. The summed E-state index contributed by atoms with van der Waals surface area (Å²) in [5.41, 5.74) is -0.663. The van der Waals surface area contributed by atoms with Gasteiger partial charge in [-0.2, -0.15) is 0 Å². The van der Waals surface area contributed by atoms with E-state index in [0.717, 1.165) is 25.7 Å². The summed E-state index contributed by atoms with van der Waals surface area (Å²) in [5.74, 6) is -0.463. The molecule has 1 spiro atoms. The van der Waals surface area contributed by atoms with E-state index in [4.69, 9.17) is 24.0 Å². The summed E-state index contributed by atoms with van der Waals surface area (Å²) in [6.45, 7) is 9.85. The van der Waals surface area contributed by atoms with Crippen molar-refractivity contribution in [3.05, 3.63) is 0 Å². The van der Waals surface area contributed by atoms with Crippen LogP contribution < -0.4 is 0 Å². The Balaban J connectivity index is 1.52. The number of ketones is 1. The Morgan fingerprint density at radius 1 is 1.07 bits per heavy atom. The number of hydrogen-bond donors (Lipinski definition) is 0.